The van der Waals surface area contributed by atoms with Crippen molar-refractivity contribution >= 4 is 0 Å². The van der Waals surface area contributed by atoms with Crippen molar-refractivity contribution in [3.8, 4) is 28.4 Å². The molecule has 3 nitrogen and oxygen atoms in total. The van der Waals surface area contributed by atoms with E-state index in [4.69, 9.17) is 9.47 Å². The van der Waals surface area contributed by atoms with Gasteiger partial charge in [-0.15, -0.1) is 0 Å². The van der Waals surface area contributed by atoms with Gasteiger partial charge in [-0.05, 0) is 58.4 Å². The molecule has 2 rings (SSSR count). The van der Waals surface area contributed by atoms with Crippen LogP contribution >= 0.6 is 0 Å². The third-order valence-corrected chi connectivity index (χ3v) is 4.13. The third-order valence-electron chi connectivity index (χ3n) is 4.13. The Morgan fingerprint density at radius 3 is 1.70 bits per heavy atom. The summed E-state index contributed by atoms with van der Waals surface area (Å²) < 4.78 is 10.7. The van der Waals surface area contributed by atoms with Gasteiger partial charge in [0.2, 0.25) is 0 Å². The highest BCUT2D eigenvalue weighted by Crippen LogP contribution is 2.39. The summed E-state index contributed by atoms with van der Waals surface area (Å²) in [5, 5.41) is 10.5. The first-order chi connectivity index (χ1) is 10.9. The van der Waals surface area contributed by atoms with Crippen LogP contribution in [0, 0.1) is 0 Å². The molecule has 23 heavy (non-hydrogen) atoms. The van der Waals surface area contributed by atoms with Gasteiger partial charge in [-0.25, -0.2) is 0 Å². The van der Waals surface area contributed by atoms with Gasteiger partial charge in [-0.1, -0.05) is 33.8 Å². The van der Waals surface area contributed by atoms with Crippen LogP contribution in [0.15, 0.2) is 30.3 Å². The minimum Gasteiger partial charge on any atom is -0.507 e. The lowest BCUT2D eigenvalue weighted by Crippen LogP contribution is -1.97. The average molecular weight is 314 g/mol. The van der Waals surface area contributed by atoms with Gasteiger partial charge in [0.1, 0.15) is 5.75 Å². The Morgan fingerprint density at radius 2 is 1.26 bits per heavy atom. The molecule has 0 atom stereocenters. The van der Waals surface area contributed by atoms with Crippen LogP contribution in [0.4, 0.5) is 0 Å². The number of phenolic OH excluding ortho intramolecular Hbond substituents is 1. The molecule has 0 aliphatic carbocycles. The van der Waals surface area contributed by atoms with Crippen LogP contribution in [-0.2, 0) is 0 Å². The maximum Gasteiger partial charge on any atom is 0.161 e. The smallest absolute Gasteiger partial charge is 0.161 e. The highest BCUT2D eigenvalue weighted by atomic mass is 16.5. The minimum atomic E-state index is 0.257. The fourth-order valence-corrected chi connectivity index (χ4v) is 2.74. The van der Waals surface area contributed by atoms with Gasteiger partial charge >= 0.3 is 0 Å². The van der Waals surface area contributed by atoms with Crippen molar-refractivity contribution in [1.82, 2.24) is 0 Å². The molecule has 0 saturated carbocycles. The SMILES string of the molecule is COc1ccc(-c2cc(C(C)C)c(O)c(C(C)C)c2)cc1OC. The van der Waals surface area contributed by atoms with Crippen LogP contribution in [-0.4, -0.2) is 19.3 Å². The number of methoxy groups -OCH3 is 2. The number of benzene rings is 2. The first-order valence-corrected chi connectivity index (χ1v) is 7.98. The van der Waals surface area contributed by atoms with Crippen molar-refractivity contribution in [3.05, 3.63) is 41.5 Å². The van der Waals surface area contributed by atoms with E-state index in [-0.39, 0.29) is 11.8 Å². The fraction of sp³-hybridized carbons (Fsp3) is 0.400. The van der Waals surface area contributed by atoms with E-state index < -0.39 is 0 Å². The van der Waals surface area contributed by atoms with Gasteiger partial charge in [0, 0.05) is 0 Å². The predicted octanol–water partition coefficient (Wildman–Crippen LogP) is 5.32. The second-order valence-electron chi connectivity index (χ2n) is 6.38. The minimum absolute atomic E-state index is 0.257. The van der Waals surface area contributed by atoms with Crippen molar-refractivity contribution in [1.29, 1.82) is 0 Å². The average Bonchev–Trinajstić information content (AvgIpc) is 2.53. The summed E-state index contributed by atoms with van der Waals surface area (Å²) in [5.41, 5.74) is 4.07. The number of hydrogen-bond acceptors (Lipinski definition) is 3. The summed E-state index contributed by atoms with van der Waals surface area (Å²) in [6.07, 6.45) is 0. The van der Waals surface area contributed by atoms with Crippen molar-refractivity contribution in [2.24, 2.45) is 0 Å². The van der Waals surface area contributed by atoms with Crippen LogP contribution in [0.3, 0.4) is 0 Å². The number of rotatable bonds is 5. The van der Waals surface area contributed by atoms with Crippen molar-refractivity contribution in [2.75, 3.05) is 14.2 Å². The number of phenols is 1. The van der Waals surface area contributed by atoms with Crippen molar-refractivity contribution in [2.45, 2.75) is 39.5 Å². The highest BCUT2D eigenvalue weighted by molar-refractivity contribution is 5.70. The Morgan fingerprint density at radius 1 is 0.739 bits per heavy atom. The largest absolute Gasteiger partial charge is 0.507 e. The molecular weight excluding hydrogens is 288 g/mol. The van der Waals surface area contributed by atoms with Crippen LogP contribution in [0.2, 0.25) is 0 Å². The fourth-order valence-electron chi connectivity index (χ4n) is 2.74. The molecule has 0 saturated heterocycles. The van der Waals surface area contributed by atoms with E-state index in [0.29, 0.717) is 17.2 Å². The summed E-state index contributed by atoms with van der Waals surface area (Å²) in [4.78, 5) is 0. The Hall–Kier alpha value is -2.16. The van der Waals surface area contributed by atoms with Gasteiger partial charge in [0.05, 0.1) is 14.2 Å². The van der Waals surface area contributed by atoms with E-state index in [1.165, 1.54) is 0 Å². The Kier molecular flexibility index (Phi) is 5.19. The molecule has 0 aliphatic rings. The van der Waals surface area contributed by atoms with E-state index in [2.05, 4.69) is 39.8 Å². The molecule has 0 aliphatic heterocycles. The van der Waals surface area contributed by atoms with Gasteiger partial charge in [0.25, 0.3) is 0 Å². The molecule has 0 amide bonds. The topological polar surface area (TPSA) is 38.7 Å². The van der Waals surface area contributed by atoms with E-state index in [0.717, 1.165) is 22.3 Å². The van der Waals surface area contributed by atoms with Crippen LogP contribution < -0.4 is 9.47 Å². The molecule has 0 aromatic heterocycles. The van der Waals surface area contributed by atoms with E-state index in [1.54, 1.807) is 14.2 Å². The Bertz CT molecular complexity index is 658. The molecule has 1 N–H and O–H groups in total. The zero-order valence-corrected chi connectivity index (χ0v) is 14.8. The number of hydrogen-bond donors (Lipinski definition) is 1. The standard InChI is InChI=1S/C20H26O3/c1-12(2)16-9-15(10-17(13(3)4)20(16)21)14-7-8-18(22-5)19(11-14)23-6/h7-13,21H,1-6H3. The Balaban J connectivity index is 2.63. The molecule has 0 fully saturated rings. The second kappa shape index (κ2) is 6.95. The van der Waals surface area contributed by atoms with Crippen molar-refractivity contribution in [3.63, 3.8) is 0 Å². The van der Waals surface area contributed by atoms with Gasteiger partial charge in [0.15, 0.2) is 11.5 Å². The number of aromatic hydroxyl groups is 1. The zero-order valence-electron chi connectivity index (χ0n) is 14.8. The van der Waals surface area contributed by atoms with E-state index in [9.17, 15) is 5.11 Å². The summed E-state index contributed by atoms with van der Waals surface area (Å²) >= 11 is 0. The lowest BCUT2D eigenvalue weighted by Gasteiger charge is -2.18. The van der Waals surface area contributed by atoms with Gasteiger partial charge in [-0.3, -0.25) is 0 Å². The molecule has 2 aromatic rings. The van der Waals surface area contributed by atoms with E-state index >= 15 is 0 Å². The van der Waals surface area contributed by atoms with Crippen LogP contribution in [0.1, 0.15) is 50.7 Å². The molecule has 0 heterocycles. The monoisotopic (exact) mass is 314 g/mol. The molecular formula is C20H26O3. The molecule has 0 unspecified atom stereocenters. The Labute approximate surface area is 138 Å². The maximum absolute atomic E-state index is 10.5. The quantitative estimate of drug-likeness (QED) is 0.811. The van der Waals surface area contributed by atoms with Crippen molar-refractivity contribution < 1.29 is 14.6 Å². The number of ether oxygens (including phenoxy) is 2. The van der Waals surface area contributed by atoms with Gasteiger partial charge < -0.3 is 14.6 Å². The lowest BCUT2D eigenvalue weighted by molar-refractivity contribution is 0.355. The summed E-state index contributed by atoms with van der Waals surface area (Å²) in [6, 6.07) is 10.0. The first-order valence-electron chi connectivity index (χ1n) is 7.98. The zero-order chi connectivity index (χ0) is 17.1. The highest BCUT2D eigenvalue weighted by Gasteiger charge is 2.16. The maximum atomic E-state index is 10.5. The second-order valence-corrected chi connectivity index (χ2v) is 6.38. The molecule has 0 spiro atoms. The predicted molar refractivity (Wildman–Crippen MR) is 94.8 cm³/mol. The summed E-state index contributed by atoms with van der Waals surface area (Å²) in [7, 11) is 3.27. The molecule has 0 radical (unpaired) electrons. The summed E-state index contributed by atoms with van der Waals surface area (Å²) in [6.45, 7) is 8.38. The van der Waals surface area contributed by atoms with E-state index in [1.807, 2.05) is 18.2 Å². The normalized spacial score (nSPS) is 11.1. The molecule has 0 bridgehead atoms. The van der Waals surface area contributed by atoms with Crippen LogP contribution in [0.25, 0.3) is 11.1 Å². The summed E-state index contributed by atoms with van der Waals surface area (Å²) in [5.74, 6) is 2.35. The van der Waals surface area contributed by atoms with Crippen LogP contribution in [0.5, 0.6) is 17.2 Å². The first kappa shape index (κ1) is 17.2. The molecule has 3 heteroatoms. The lowest BCUT2D eigenvalue weighted by atomic mass is 9.89. The van der Waals surface area contributed by atoms with Gasteiger partial charge in [-0.2, -0.15) is 0 Å². The third kappa shape index (κ3) is 3.44. The molecule has 2 aromatic carbocycles. The molecule has 124 valence electrons.